The van der Waals surface area contributed by atoms with Crippen molar-refractivity contribution in [3.05, 3.63) is 42.0 Å². The molecule has 2 N–H and O–H groups in total. The lowest BCUT2D eigenvalue weighted by Crippen LogP contribution is -1.86. The summed E-state index contributed by atoms with van der Waals surface area (Å²) < 4.78 is 24.7. The zero-order chi connectivity index (χ0) is 10.1. The molecular formula is C11H9F2N. The van der Waals surface area contributed by atoms with Crippen LogP contribution in [0, 0.1) is 0 Å². The number of rotatable bonds is 1. The second kappa shape index (κ2) is 3.25. The highest BCUT2D eigenvalue weighted by atomic mass is 19.3. The highest BCUT2D eigenvalue weighted by Gasteiger charge is 2.06. The van der Waals surface area contributed by atoms with Crippen LogP contribution in [0.4, 0.5) is 14.5 Å². The first-order valence-corrected chi connectivity index (χ1v) is 4.24. The van der Waals surface area contributed by atoms with Crippen LogP contribution < -0.4 is 5.73 Å². The van der Waals surface area contributed by atoms with Crippen LogP contribution in [-0.4, -0.2) is 0 Å². The summed E-state index contributed by atoms with van der Waals surface area (Å²) in [6.45, 7) is 0. The Labute approximate surface area is 80.1 Å². The summed E-state index contributed by atoms with van der Waals surface area (Å²) in [6.07, 6.45) is -2.42. The summed E-state index contributed by atoms with van der Waals surface area (Å²) in [4.78, 5) is 0. The largest absolute Gasteiger partial charge is 0.399 e. The van der Waals surface area contributed by atoms with Gasteiger partial charge in [0.25, 0.3) is 6.43 Å². The van der Waals surface area contributed by atoms with Crippen molar-refractivity contribution in [2.45, 2.75) is 6.43 Å². The molecule has 0 saturated heterocycles. The summed E-state index contributed by atoms with van der Waals surface area (Å²) in [5, 5.41) is 1.67. The predicted molar refractivity (Wildman–Crippen MR) is 53.3 cm³/mol. The molecule has 0 bridgehead atoms. The van der Waals surface area contributed by atoms with E-state index in [1.165, 1.54) is 12.1 Å². The molecule has 0 unspecified atom stereocenters. The van der Waals surface area contributed by atoms with Crippen LogP contribution in [0.1, 0.15) is 12.0 Å². The third-order valence-electron chi connectivity index (χ3n) is 2.14. The molecule has 0 amide bonds. The van der Waals surface area contributed by atoms with Crippen molar-refractivity contribution in [2.24, 2.45) is 0 Å². The van der Waals surface area contributed by atoms with Gasteiger partial charge in [-0.1, -0.05) is 18.2 Å². The van der Waals surface area contributed by atoms with E-state index < -0.39 is 6.43 Å². The summed E-state index contributed by atoms with van der Waals surface area (Å²) in [5.41, 5.74) is 6.26. The lowest BCUT2D eigenvalue weighted by molar-refractivity contribution is 0.151. The molecule has 14 heavy (non-hydrogen) atoms. The van der Waals surface area contributed by atoms with Crippen LogP contribution in [0.25, 0.3) is 10.8 Å². The van der Waals surface area contributed by atoms with E-state index in [0.717, 1.165) is 10.8 Å². The Morgan fingerprint density at radius 1 is 0.929 bits per heavy atom. The Hall–Kier alpha value is -1.64. The fourth-order valence-electron chi connectivity index (χ4n) is 1.42. The maximum absolute atomic E-state index is 12.3. The van der Waals surface area contributed by atoms with Crippen LogP contribution in [0.3, 0.4) is 0 Å². The van der Waals surface area contributed by atoms with E-state index in [1.54, 1.807) is 24.3 Å². The van der Waals surface area contributed by atoms with Crippen LogP contribution in [0.5, 0.6) is 0 Å². The van der Waals surface area contributed by atoms with Crippen molar-refractivity contribution in [1.82, 2.24) is 0 Å². The van der Waals surface area contributed by atoms with Crippen molar-refractivity contribution < 1.29 is 8.78 Å². The molecule has 0 atom stereocenters. The van der Waals surface area contributed by atoms with Gasteiger partial charge in [0.05, 0.1) is 0 Å². The molecule has 0 heterocycles. The number of benzene rings is 2. The fourth-order valence-corrected chi connectivity index (χ4v) is 1.42. The number of halogens is 2. The summed E-state index contributed by atoms with van der Waals surface area (Å²) in [6, 6.07) is 9.79. The molecule has 2 aromatic rings. The molecule has 0 spiro atoms. The van der Waals surface area contributed by atoms with Gasteiger partial charge in [-0.15, -0.1) is 0 Å². The van der Waals surface area contributed by atoms with Gasteiger partial charge in [0.15, 0.2) is 0 Å². The molecule has 0 radical (unpaired) electrons. The Bertz CT molecular complexity index is 466. The first kappa shape index (κ1) is 8.94. The van der Waals surface area contributed by atoms with E-state index in [2.05, 4.69) is 0 Å². The zero-order valence-corrected chi connectivity index (χ0v) is 7.37. The van der Waals surface area contributed by atoms with E-state index in [0.29, 0.717) is 5.69 Å². The molecule has 0 aromatic heterocycles. The van der Waals surface area contributed by atoms with Gasteiger partial charge < -0.3 is 5.73 Å². The molecule has 0 saturated carbocycles. The Balaban J connectivity index is 2.62. The number of alkyl halides is 2. The average Bonchev–Trinajstić information content (AvgIpc) is 2.16. The average molecular weight is 193 g/mol. The van der Waals surface area contributed by atoms with Gasteiger partial charge in [0, 0.05) is 11.3 Å². The minimum Gasteiger partial charge on any atom is -0.399 e. The zero-order valence-electron chi connectivity index (χ0n) is 7.37. The Kier molecular flexibility index (Phi) is 2.08. The topological polar surface area (TPSA) is 26.0 Å². The van der Waals surface area contributed by atoms with Gasteiger partial charge in [-0.25, -0.2) is 8.78 Å². The van der Waals surface area contributed by atoms with E-state index in [9.17, 15) is 8.78 Å². The Morgan fingerprint density at radius 3 is 2.29 bits per heavy atom. The van der Waals surface area contributed by atoms with Gasteiger partial charge >= 0.3 is 0 Å². The SMILES string of the molecule is Nc1ccc2cc(C(F)F)ccc2c1. The third-order valence-corrected chi connectivity index (χ3v) is 2.14. The third kappa shape index (κ3) is 1.53. The maximum Gasteiger partial charge on any atom is 0.263 e. The first-order valence-electron chi connectivity index (χ1n) is 4.24. The quantitative estimate of drug-likeness (QED) is 0.690. The molecule has 0 aliphatic carbocycles. The number of fused-ring (bicyclic) bond motifs is 1. The first-order chi connectivity index (χ1) is 6.66. The van der Waals surface area contributed by atoms with Crippen molar-refractivity contribution in [3.63, 3.8) is 0 Å². The molecular weight excluding hydrogens is 184 g/mol. The number of nitrogen functional groups attached to an aromatic ring is 1. The lowest BCUT2D eigenvalue weighted by Gasteiger charge is -2.03. The second-order valence-electron chi connectivity index (χ2n) is 3.17. The fraction of sp³-hybridized carbons (Fsp3) is 0.0909. The van der Waals surface area contributed by atoms with Crippen LogP contribution >= 0.6 is 0 Å². The second-order valence-corrected chi connectivity index (χ2v) is 3.17. The standard InChI is InChI=1S/C11H9F2N/c12-11(13)9-2-1-8-6-10(14)4-3-7(8)5-9/h1-6,11H,14H2. The minimum atomic E-state index is -2.42. The summed E-state index contributed by atoms with van der Waals surface area (Å²) in [7, 11) is 0. The van der Waals surface area contributed by atoms with Crippen molar-refractivity contribution in [1.29, 1.82) is 0 Å². The molecule has 2 rings (SSSR count). The number of hydrogen-bond acceptors (Lipinski definition) is 1. The van der Waals surface area contributed by atoms with Crippen LogP contribution in [0.15, 0.2) is 36.4 Å². The van der Waals surface area contributed by atoms with E-state index >= 15 is 0 Å². The van der Waals surface area contributed by atoms with Gasteiger partial charge in [0.2, 0.25) is 0 Å². The molecule has 3 heteroatoms. The van der Waals surface area contributed by atoms with E-state index in [1.807, 2.05) is 0 Å². The molecule has 72 valence electrons. The van der Waals surface area contributed by atoms with Crippen molar-refractivity contribution in [3.8, 4) is 0 Å². The van der Waals surface area contributed by atoms with Crippen LogP contribution in [0.2, 0.25) is 0 Å². The van der Waals surface area contributed by atoms with Gasteiger partial charge in [-0.05, 0) is 29.0 Å². The smallest absolute Gasteiger partial charge is 0.263 e. The summed E-state index contributed by atoms with van der Waals surface area (Å²) in [5.74, 6) is 0. The van der Waals surface area contributed by atoms with Crippen molar-refractivity contribution >= 4 is 16.5 Å². The normalized spacial score (nSPS) is 11.1. The summed E-state index contributed by atoms with van der Waals surface area (Å²) >= 11 is 0. The molecule has 0 fully saturated rings. The molecule has 0 aliphatic rings. The van der Waals surface area contributed by atoms with Crippen molar-refractivity contribution in [2.75, 3.05) is 5.73 Å². The Morgan fingerprint density at radius 2 is 1.57 bits per heavy atom. The maximum atomic E-state index is 12.3. The monoisotopic (exact) mass is 193 g/mol. The van der Waals surface area contributed by atoms with E-state index in [4.69, 9.17) is 5.73 Å². The van der Waals surface area contributed by atoms with Gasteiger partial charge in [-0.3, -0.25) is 0 Å². The van der Waals surface area contributed by atoms with Crippen LogP contribution in [-0.2, 0) is 0 Å². The number of hydrogen-bond donors (Lipinski definition) is 1. The predicted octanol–water partition coefficient (Wildman–Crippen LogP) is 3.36. The molecule has 1 nitrogen and oxygen atoms in total. The number of anilines is 1. The highest BCUT2D eigenvalue weighted by Crippen LogP contribution is 2.24. The number of nitrogens with two attached hydrogens (primary N) is 1. The van der Waals surface area contributed by atoms with Gasteiger partial charge in [0.1, 0.15) is 0 Å². The highest BCUT2D eigenvalue weighted by molar-refractivity contribution is 5.85. The molecule has 0 aliphatic heterocycles. The lowest BCUT2D eigenvalue weighted by atomic mass is 10.1. The minimum absolute atomic E-state index is 0.0438. The van der Waals surface area contributed by atoms with Gasteiger partial charge in [-0.2, -0.15) is 0 Å². The van der Waals surface area contributed by atoms with E-state index in [-0.39, 0.29) is 5.56 Å². The molecule has 2 aromatic carbocycles.